The molecule has 0 saturated carbocycles. The van der Waals surface area contributed by atoms with Crippen LogP contribution in [-0.2, 0) is 14.3 Å². The molecular weight excluding hydrogens is 258 g/mol. The number of ether oxygens (including phenoxy) is 2. The zero-order valence-electron chi connectivity index (χ0n) is 12.8. The van der Waals surface area contributed by atoms with E-state index in [1.807, 2.05) is 20.8 Å². The third kappa shape index (κ3) is 5.63. The molecule has 1 saturated heterocycles. The molecule has 0 aliphatic carbocycles. The third-order valence-electron chi connectivity index (χ3n) is 2.92. The highest BCUT2D eigenvalue weighted by atomic mass is 16.6. The highest BCUT2D eigenvalue weighted by molar-refractivity contribution is 5.82. The van der Waals surface area contributed by atoms with Gasteiger partial charge in [0.15, 0.2) is 0 Å². The summed E-state index contributed by atoms with van der Waals surface area (Å²) < 4.78 is 10.2. The van der Waals surface area contributed by atoms with E-state index in [1.165, 1.54) is 6.08 Å². The number of likely N-dealkylation sites (tertiary alicyclic amines) is 1. The molecule has 0 aromatic heterocycles. The summed E-state index contributed by atoms with van der Waals surface area (Å²) in [6, 6.07) is -0.0944. The maximum absolute atomic E-state index is 12.1. The first-order chi connectivity index (χ1) is 9.33. The molecule has 0 N–H and O–H groups in total. The molecule has 1 aliphatic heterocycles. The van der Waals surface area contributed by atoms with E-state index < -0.39 is 5.60 Å². The second-order valence-corrected chi connectivity index (χ2v) is 5.85. The fraction of sp³-hybridized carbons (Fsp3) is 0.733. The minimum absolute atomic E-state index is 0.0944. The van der Waals surface area contributed by atoms with Crippen LogP contribution in [0.3, 0.4) is 0 Å². The van der Waals surface area contributed by atoms with Gasteiger partial charge >= 0.3 is 12.1 Å². The van der Waals surface area contributed by atoms with Crippen molar-refractivity contribution < 1.29 is 19.1 Å². The number of carbonyl (C=O) groups excluding carboxylic acids is 2. The fourth-order valence-electron chi connectivity index (χ4n) is 2.08. The van der Waals surface area contributed by atoms with Crippen LogP contribution in [0.25, 0.3) is 0 Å². The lowest BCUT2D eigenvalue weighted by atomic mass is 10.0. The van der Waals surface area contributed by atoms with Crippen LogP contribution in [0.5, 0.6) is 0 Å². The van der Waals surface area contributed by atoms with Crippen molar-refractivity contribution in [2.75, 3.05) is 13.2 Å². The van der Waals surface area contributed by atoms with E-state index in [0.717, 1.165) is 19.3 Å². The van der Waals surface area contributed by atoms with Crippen molar-refractivity contribution in [2.24, 2.45) is 0 Å². The molecule has 114 valence electrons. The van der Waals surface area contributed by atoms with Gasteiger partial charge in [0.25, 0.3) is 0 Å². The van der Waals surface area contributed by atoms with E-state index in [4.69, 9.17) is 9.47 Å². The first kappa shape index (κ1) is 16.5. The quantitative estimate of drug-likeness (QED) is 0.590. The van der Waals surface area contributed by atoms with Crippen LogP contribution in [0.2, 0.25) is 0 Å². The van der Waals surface area contributed by atoms with E-state index in [-0.39, 0.29) is 18.1 Å². The summed E-state index contributed by atoms with van der Waals surface area (Å²) >= 11 is 0. The van der Waals surface area contributed by atoms with Gasteiger partial charge in [0.1, 0.15) is 5.60 Å². The Labute approximate surface area is 120 Å². The molecule has 1 aliphatic rings. The molecule has 0 aromatic rings. The lowest BCUT2D eigenvalue weighted by Crippen LogP contribution is -2.45. The van der Waals surface area contributed by atoms with Gasteiger partial charge in [-0.15, -0.1) is 0 Å². The van der Waals surface area contributed by atoms with E-state index in [9.17, 15) is 9.59 Å². The summed E-state index contributed by atoms with van der Waals surface area (Å²) in [5.74, 6) is -0.373. The first-order valence-corrected chi connectivity index (χ1v) is 7.18. The Morgan fingerprint density at radius 2 is 2.00 bits per heavy atom. The Kier molecular flexibility index (Phi) is 6.05. The number of rotatable bonds is 3. The van der Waals surface area contributed by atoms with Gasteiger partial charge in [0.05, 0.1) is 12.6 Å². The Balaban J connectivity index is 2.67. The largest absolute Gasteiger partial charge is 0.463 e. The standard InChI is InChI=1S/C15H25NO4/c1-5-19-13(17)10-9-12-8-6-7-11-16(12)14(18)20-15(2,3)4/h9-10,12H,5-8,11H2,1-4H3/b10-9+/t12-/m1/s1. The number of hydrogen-bond donors (Lipinski definition) is 0. The van der Waals surface area contributed by atoms with Gasteiger partial charge in [-0.25, -0.2) is 9.59 Å². The lowest BCUT2D eigenvalue weighted by Gasteiger charge is -2.35. The fourth-order valence-corrected chi connectivity index (χ4v) is 2.08. The normalized spacial score (nSPS) is 20.0. The average molecular weight is 283 g/mol. The minimum atomic E-state index is -0.510. The van der Waals surface area contributed by atoms with Crippen molar-refractivity contribution in [1.82, 2.24) is 4.90 Å². The summed E-state index contributed by atoms with van der Waals surface area (Å²) in [6.45, 7) is 8.31. The highest BCUT2D eigenvalue weighted by Crippen LogP contribution is 2.21. The zero-order chi connectivity index (χ0) is 15.2. The van der Waals surface area contributed by atoms with Crippen molar-refractivity contribution in [3.05, 3.63) is 12.2 Å². The van der Waals surface area contributed by atoms with E-state index in [2.05, 4.69) is 0 Å². The molecule has 1 rings (SSSR count). The van der Waals surface area contributed by atoms with Gasteiger partial charge in [-0.05, 0) is 47.0 Å². The van der Waals surface area contributed by atoms with Gasteiger partial charge in [-0.2, -0.15) is 0 Å². The summed E-state index contributed by atoms with van der Waals surface area (Å²) in [5.41, 5.74) is -0.510. The molecule has 0 unspecified atom stereocenters. The van der Waals surface area contributed by atoms with Gasteiger partial charge in [0.2, 0.25) is 0 Å². The van der Waals surface area contributed by atoms with Crippen molar-refractivity contribution in [3.63, 3.8) is 0 Å². The van der Waals surface area contributed by atoms with Crippen LogP contribution in [-0.4, -0.2) is 41.8 Å². The first-order valence-electron chi connectivity index (χ1n) is 7.18. The molecule has 0 spiro atoms. The Bertz CT molecular complexity index is 371. The van der Waals surface area contributed by atoms with E-state index in [0.29, 0.717) is 13.2 Å². The Morgan fingerprint density at radius 1 is 1.30 bits per heavy atom. The predicted octanol–water partition coefficient (Wildman–Crippen LogP) is 2.90. The maximum Gasteiger partial charge on any atom is 0.410 e. The number of piperidine rings is 1. The highest BCUT2D eigenvalue weighted by Gasteiger charge is 2.29. The molecule has 0 radical (unpaired) electrons. The monoisotopic (exact) mass is 283 g/mol. The van der Waals surface area contributed by atoms with Gasteiger partial charge < -0.3 is 14.4 Å². The molecule has 1 amide bonds. The molecular formula is C15H25NO4. The molecule has 1 heterocycles. The van der Waals surface area contributed by atoms with Crippen LogP contribution in [0.1, 0.15) is 47.0 Å². The van der Waals surface area contributed by atoms with Crippen molar-refractivity contribution in [1.29, 1.82) is 0 Å². The molecule has 5 heteroatoms. The lowest BCUT2D eigenvalue weighted by molar-refractivity contribution is -0.137. The number of esters is 1. The number of amides is 1. The van der Waals surface area contributed by atoms with E-state index in [1.54, 1.807) is 17.9 Å². The molecule has 20 heavy (non-hydrogen) atoms. The van der Waals surface area contributed by atoms with Crippen LogP contribution >= 0.6 is 0 Å². The summed E-state index contributed by atoms with van der Waals surface area (Å²) in [4.78, 5) is 25.2. The molecule has 5 nitrogen and oxygen atoms in total. The SMILES string of the molecule is CCOC(=O)/C=C/[C@H]1CCCCN1C(=O)OC(C)(C)C. The molecule has 0 aromatic carbocycles. The molecule has 1 fully saturated rings. The second kappa shape index (κ2) is 7.31. The molecule has 1 atom stereocenters. The second-order valence-electron chi connectivity index (χ2n) is 5.85. The molecule has 0 bridgehead atoms. The Morgan fingerprint density at radius 3 is 2.60 bits per heavy atom. The summed E-state index contributed by atoms with van der Waals surface area (Å²) in [5, 5.41) is 0. The van der Waals surface area contributed by atoms with Gasteiger partial charge in [-0.3, -0.25) is 0 Å². The number of nitrogens with zero attached hydrogens (tertiary/aromatic N) is 1. The van der Waals surface area contributed by atoms with Crippen LogP contribution in [0.4, 0.5) is 4.79 Å². The maximum atomic E-state index is 12.1. The van der Waals surface area contributed by atoms with Gasteiger partial charge in [-0.1, -0.05) is 6.08 Å². The minimum Gasteiger partial charge on any atom is -0.463 e. The summed E-state index contributed by atoms with van der Waals surface area (Å²) in [7, 11) is 0. The predicted molar refractivity (Wildman–Crippen MR) is 76.4 cm³/mol. The van der Waals surface area contributed by atoms with Crippen molar-refractivity contribution in [3.8, 4) is 0 Å². The topological polar surface area (TPSA) is 55.8 Å². The van der Waals surface area contributed by atoms with Crippen LogP contribution in [0, 0.1) is 0 Å². The van der Waals surface area contributed by atoms with Crippen molar-refractivity contribution >= 4 is 12.1 Å². The number of carbonyl (C=O) groups is 2. The zero-order valence-corrected chi connectivity index (χ0v) is 12.8. The smallest absolute Gasteiger partial charge is 0.410 e. The van der Waals surface area contributed by atoms with Crippen LogP contribution in [0.15, 0.2) is 12.2 Å². The van der Waals surface area contributed by atoms with E-state index >= 15 is 0 Å². The van der Waals surface area contributed by atoms with Crippen LogP contribution < -0.4 is 0 Å². The average Bonchev–Trinajstić information content (AvgIpc) is 2.35. The summed E-state index contributed by atoms with van der Waals surface area (Å²) in [6.07, 6.45) is 5.66. The van der Waals surface area contributed by atoms with Crippen molar-refractivity contribution in [2.45, 2.75) is 58.6 Å². The third-order valence-corrected chi connectivity index (χ3v) is 2.92. The van der Waals surface area contributed by atoms with Gasteiger partial charge in [0, 0.05) is 12.6 Å². The Hall–Kier alpha value is -1.52. The number of hydrogen-bond acceptors (Lipinski definition) is 4.